The van der Waals surface area contributed by atoms with E-state index < -0.39 is 16.8 Å². The predicted octanol–water partition coefficient (Wildman–Crippen LogP) is 6.30. The van der Waals surface area contributed by atoms with Crippen molar-refractivity contribution in [3.8, 4) is 22.6 Å². The van der Waals surface area contributed by atoms with Gasteiger partial charge in [0.2, 0.25) is 0 Å². The molecule has 5 rings (SSSR count). The van der Waals surface area contributed by atoms with Gasteiger partial charge in [-0.25, -0.2) is 13.6 Å². The van der Waals surface area contributed by atoms with E-state index in [-0.39, 0.29) is 11.4 Å². The van der Waals surface area contributed by atoms with Crippen molar-refractivity contribution in [3.05, 3.63) is 112 Å². The molecule has 0 spiro atoms. The van der Waals surface area contributed by atoms with Gasteiger partial charge in [-0.3, -0.25) is 14.1 Å². The number of ether oxygens (including phenoxy) is 1. The third-order valence-corrected chi connectivity index (χ3v) is 7.42. The predicted molar refractivity (Wildman–Crippen MR) is 146 cm³/mol. The molecular weight excluding hydrogens is 513 g/mol. The molecule has 0 fully saturated rings. The minimum atomic E-state index is -1.64. The summed E-state index contributed by atoms with van der Waals surface area (Å²) >= 11 is 6.18. The second-order valence-electron chi connectivity index (χ2n) is 8.31. The van der Waals surface area contributed by atoms with Gasteiger partial charge in [-0.1, -0.05) is 23.7 Å². The second-order valence-corrected chi connectivity index (χ2v) is 9.93. The fourth-order valence-corrected chi connectivity index (χ4v) is 5.02. The molecule has 0 radical (unpaired) electrons. The van der Waals surface area contributed by atoms with Crippen molar-refractivity contribution in [1.82, 2.24) is 9.55 Å². The molecule has 1 atom stereocenters. The largest absolute Gasteiger partial charge is 0.495 e. The van der Waals surface area contributed by atoms with E-state index in [2.05, 4.69) is 9.71 Å². The summed E-state index contributed by atoms with van der Waals surface area (Å²) < 4.78 is 36.0. The van der Waals surface area contributed by atoms with E-state index in [9.17, 15) is 13.4 Å². The van der Waals surface area contributed by atoms with Gasteiger partial charge in [0.25, 0.3) is 5.56 Å². The maximum atomic E-state index is 13.1. The Morgan fingerprint density at radius 1 is 0.973 bits per heavy atom. The number of nitrogens with zero attached hydrogens (tertiary/aromatic N) is 2. The van der Waals surface area contributed by atoms with Crippen LogP contribution in [0.25, 0.3) is 27.7 Å². The highest BCUT2D eigenvalue weighted by Gasteiger charge is 2.14. The van der Waals surface area contributed by atoms with Gasteiger partial charge in [-0.2, -0.15) is 0 Å². The van der Waals surface area contributed by atoms with Crippen LogP contribution < -0.4 is 15.0 Å². The van der Waals surface area contributed by atoms with E-state index in [4.69, 9.17) is 16.3 Å². The molecular formula is C28H21ClFN3O3S. The minimum Gasteiger partial charge on any atom is -0.495 e. The third kappa shape index (κ3) is 4.98. The molecule has 0 aliphatic carbocycles. The summed E-state index contributed by atoms with van der Waals surface area (Å²) in [6.07, 6.45) is 1.05. The van der Waals surface area contributed by atoms with Gasteiger partial charge >= 0.3 is 0 Å². The minimum absolute atomic E-state index is 0.233. The van der Waals surface area contributed by atoms with Crippen LogP contribution in [-0.2, 0) is 11.0 Å². The van der Waals surface area contributed by atoms with Crippen LogP contribution in [0.4, 0.5) is 10.2 Å². The summed E-state index contributed by atoms with van der Waals surface area (Å²) in [6.45, 7) is 1.94. The Balaban J connectivity index is 1.54. The Labute approximate surface area is 219 Å². The third-order valence-electron chi connectivity index (χ3n) is 5.92. The lowest BCUT2D eigenvalue weighted by Crippen LogP contribution is -2.18. The fraction of sp³-hybridized carbons (Fsp3) is 0.0714. The molecule has 0 saturated carbocycles. The first kappa shape index (κ1) is 24.7. The summed E-state index contributed by atoms with van der Waals surface area (Å²) in [5, 5.41) is 1.40. The summed E-state index contributed by atoms with van der Waals surface area (Å²) in [7, 11) is -0.0861. The molecule has 0 amide bonds. The molecule has 2 heterocycles. The summed E-state index contributed by atoms with van der Waals surface area (Å²) in [6, 6.07) is 22.4. The number of benzene rings is 3. The van der Waals surface area contributed by atoms with Crippen molar-refractivity contribution < 1.29 is 13.3 Å². The molecule has 0 bridgehead atoms. The molecule has 1 unspecified atom stereocenters. The first-order valence-corrected chi connectivity index (χ1v) is 12.8. The number of aromatic nitrogens is 2. The van der Waals surface area contributed by atoms with Gasteiger partial charge in [0, 0.05) is 16.5 Å². The smallest absolute Gasteiger partial charge is 0.255 e. The van der Waals surface area contributed by atoms with Crippen LogP contribution in [0.2, 0.25) is 5.02 Å². The van der Waals surface area contributed by atoms with Crippen LogP contribution in [0.15, 0.2) is 94.7 Å². The zero-order chi connectivity index (χ0) is 26.1. The highest BCUT2D eigenvalue weighted by molar-refractivity contribution is 7.86. The second kappa shape index (κ2) is 10.2. The van der Waals surface area contributed by atoms with Gasteiger partial charge in [0.1, 0.15) is 17.4 Å². The molecule has 2 aromatic heterocycles. The van der Waals surface area contributed by atoms with E-state index in [0.717, 1.165) is 22.9 Å². The van der Waals surface area contributed by atoms with Crippen molar-refractivity contribution in [1.29, 1.82) is 0 Å². The average molecular weight is 534 g/mol. The number of fused-ring (bicyclic) bond motifs is 1. The summed E-state index contributed by atoms with van der Waals surface area (Å²) in [5.41, 5.74) is 3.84. The molecule has 6 nitrogen and oxygen atoms in total. The number of hydrogen-bond donors (Lipinski definition) is 1. The lowest BCUT2D eigenvalue weighted by atomic mass is 10.0. The quantitative estimate of drug-likeness (QED) is 0.278. The van der Waals surface area contributed by atoms with Crippen LogP contribution >= 0.6 is 11.6 Å². The van der Waals surface area contributed by atoms with Gasteiger partial charge in [-0.05, 0) is 84.3 Å². The molecule has 9 heteroatoms. The zero-order valence-electron chi connectivity index (χ0n) is 19.9. The Hall–Kier alpha value is -4.01. The van der Waals surface area contributed by atoms with E-state index in [1.54, 1.807) is 35.9 Å². The highest BCUT2D eigenvalue weighted by Crippen LogP contribution is 2.32. The monoisotopic (exact) mass is 533 g/mol. The van der Waals surface area contributed by atoms with Crippen molar-refractivity contribution in [2.75, 3.05) is 11.8 Å². The topological polar surface area (TPSA) is 73.2 Å². The number of aryl methyl sites for hydroxylation is 1. The van der Waals surface area contributed by atoms with E-state index in [0.29, 0.717) is 32.3 Å². The maximum absolute atomic E-state index is 13.1. The maximum Gasteiger partial charge on any atom is 0.255 e. The molecule has 0 aliphatic rings. The number of anilines is 1. The van der Waals surface area contributed by atoms with Crippen molar-refractivity contribution >= 4 is 39.3 Å². The lowest BCUT2D eigenvalue weighted by Gasteiger charge is -2.16. The van der Waals surface area contributed by atoms with Crippen LogP contribution in [-0.4, -0.2) is 20.9 Å². The molecule has 0 aliphatic heterocycles. The molecule has 5 aromatic rings. The normalized spacial score (nSPS) is 11.9. The highest BCUT2D eigenvalue weighted by atomic mass is 35.5. The number of rotatable bonds is 6. The Morgan fingerprint density at radius 3 is 2.49 bits per heavy atom. The summed E-state index contributed by atoms with van der Waals surface area (Å²) in [4.78, 5) is 17.4. The van der Waals surface area contributed by atoms with Gasteiger partial charge in [0.05, 0.1) is 29.4 Å². The molecule has 1 N–H and O–H groups in total. The van der Waals surface area contributed by atoms with Gasteiger partial charge in [-0.15, -0.1) is 0 Å². The van der Waals surface area contributed by atoms with Crippen LogP contribution in [0.3, 0.4) is 0 Å². The van der Waals surface area contributed by atoms with Crippen LogP contribution in [0.5, 0.6) is 5.75 Å². The molecule has 186 valence electrons. The van der Waals surface area contributed by atoms with E-state index in [1.807, 2.05) is 43.3 Å². The Morgan fingerprint density at radius 2 is 1.76 bits per heavy atom. The number of halogens is 2. The fourth-order valence-electron chi connectivity index (χ4n) is 4.04. The van der Waals surface area contributed by atoms with Crippen molar-refractivity contribution in [3.63, 3.8) is 0 Å². The van der Waals surface area contributed by atoms with Crippen molar-refractivity contribution in [2.45, 2.75) is 11.8 Å². The van der Waals surface area contributed by atoms with Gasteiger partial charge in [0.15, 0.2) is 11.0 Å². The first-order chi connectivity index (χ1) is 17.8. The molecule has 0 saturated heterocycles. The molecule has 37 heavy (non-hydrogen) atoms. The van der Waals surface area contributed by atoms with Gasteiger partial charge < -0.3 is 4.74 Å². The molecule has 3 aromatic carbocycles. The number of hydrogen-bond acceptors (Lipinski definition) is 4. The lowest BCUT2D eigenvalue weighted by molar-refractivity contribution is 0.413. The Kier molecular flexibility index (Phi) is 6.78. The first-order valence-electron chi connectivity index (χ1n) is 11.2. The van der Waals surface area contributed by atoms with Crippen LogP contribution in [0, 0.1) is 12.7 Å². The van der Waals surface area contributed by atoms with E-state index >= 15 is 0 Å². The number of methoxy groups -OCH3 is 1. The van der Waals surface area contributed by atoms with Crippen molar-refractivity contribution in [2.24, 2.45) is 0 Å². The summed E-state index contributed by atoms with van der Waals surface area (Å²) in [5.74, 6) is 0.327. The number of nitrogens with one attached hydrogen (secondary N) is 1. The average Bonchev–Trinajstić information content (AvgIpc) is 2.91. The van der Waals surface area contributed by atoms with E-state index in [1.165, 1.54) is 18.2 Å². The standard InChI is InChI=1S/C28H21ClFN3O3S/c1-17-13-18(3-8-23(17)29)19-4-9-25(26(15-19)36-2)33-24-10-7-22(14-20(24)5-12-28(33)34)37(35)32-27-11-6-21(30)16-31-27/h3-16H,1-2H3,(H,31,32). The van der Waals surface area contributed by atoms with Crippen LogP contribution in [0.1, 0.15) is 5.56 Å². The SMILES string of the molecule is COc1cc(-c2ccc(Cl)c(C)c2)ccc1-n1c(=O)ccc2cc(S(=O)Nc3ccc(F)cn3)ccc21. The Bertz CT molecular complexity index is 1720. The number of pyridine rings is 2. The zero-order valence-corrected chi connectivity index (χ0v) is 21.4.